The molecular formula is C24H28BFN2O4. The van der Waals surface area contributed by atoms with Gasteiger partial charge < -0.3 is 14.2 Å². The second kappa shape index (κ2) is 8.16. The minimum Gasteiger partial charge on any atom is -0.407 e. The number of anilines is 1. The van der Waals surface area contributed by atoms with E-state index in [4.69, 9.17) is 9.31 Å². The van der Waals surface area contributed by atoms with Crippen LogP contribution in [0.5, 0.6) is 0 Å². The second-order valence-electron chi connectivity index (χ2n) is 10.1. The zero-order valence-corrected chi connectivity index (χ0v) is 18.5. The fourth-order valence-corrected chi connectivity index (χ4v) is 5.51. The Morgan fingerprint density at radius 1 is 1.06 bits per heavy atom. The van der Waals surface area contributed by atoms with Gasteiger partial charge in [-0.15, -0.1) is 0 Å². The highest BCUT2D eigenvalue weighted by molar-refractivity contribution is 6.61. The maximum atomic E-state index is 13.3. The molecule has 5 rings (SSSR count). The van der Waals surface area contributed by atoms with E-state index in [0.717, 1.165) is 31.2 Å². The van der Waals surface area contributed by atoms with Gasteiger partial charge in [-0.05, 0) is 60.8 Å². The molecule has 0 N–H and O–H groups in total. The topological polar surface area (TPSA) is 64.8 Å². The first-order valence-electron chi connectivity index (χ1n) is 11.4. The van der Waals surface area contributed by atoms with Gasteiger partial charge in [0.25, 0.3) is 5.69 Å². The molecule has 32 heavy (non-hydrogen) atoms. The first-order chi connectivity index (χ1) is 15.3. The fourth-order valence-electron chi connectivity index (χ4n) is 5.51. The molecule has 8 heteroatoms. The minimum absolute atomic E-state index is 0.0591. The smallest absolute Gasteiger partial charge is 0.407 e. The number of halogens is 1. The van der Waals surface area contributed by atoms with E-state index in [9.17, 15) is 14.5 Å². The van der Waals surface area contributed by atoms with Crippen LogP contribution >= 0.6 is 0 Å². The molecule has 0 spiro atoms. The molecule has 0 aliphatic carbocycles. The molecule has 2 atom stereocenters. The third-order valence-electron chi connectivity index (χ3n) is 7.07. The molecule has 3 heterocycles. The van der Waals surface area contributed by atoms with Crippen molar-refractivity contribution in [2.75, 3.05) is 18.1 Å². The van der Waals surface area contributed by atoms with Crippen molar-refractivity contribution in [2.45, 2.75) is 57.5 Å². The summed E-state index contributed by atoms with van der Waals surface area (Å²) in [6, 6.07) is 12.7. The van der Waals surface area contributed by atoms with Gasteiger partial charge in [0.15, 0.2) is 0 Å². The molecule has 168 valence electrons. The Bertz CT molecular complexity index is 992. The third kappa shape index (κ3) is 4.02. The lowest BCUT2D eigenvalue weighted by molar-refractivity contribution is -0.384. The molecule has 0 aromatic heterocycles. The van der Waals surface area contributed by atoms with E-state index in [0.29, 0.717) is 30.3 Å². The number of nitro groups is 1. The highest BCUT2D eigenvalue weighted by atomic mass is 19.1. The lowest BCUT2D eigenvalue weighted by Crippen LogP contribution is -2.47. The number of nitrogens with zero attached hydrogens (tertiary/aromatic N) is 2. The summed E-state index contributed by atoms with van der Waals surface area (Å²) in [5.74, 6) is 0.134. The number of piperidine rings is 1. The van der Waals surface area contributed by atoms with Crippen molar-refractivity contribution in [2.24, 2.45) is 5.41 Å². The Labute approximate surface area is 188 Å². The monoisotopic (exact) mass is 438 g/mol. The predicted molar refractivity (Wildman–Crippen MR) is 122 cm³/mol. The normalized spacial score (nSPS) is 26.9. The van der Waals surface area contributed by atoms with Crippen LogP contribution in [0.25, 0.3) is 0 Å². The average Bonchev–Trinajstić information content (AvgIpc) is 3.02. The summed E-state index contributed by atoms with van der Waals surface area (Å²) in [5.41, 5.74) is 2.57. The summed E-state index contributed by atoms with van der Waals surface area (Å²) >= 11 is 0. The van der Waals surface area contributed by atoms with Crippen molar-refractivity contribution in [3.63, 3.8) is 0 Å². The van der Waals surface area contributed by atoms with E-state index < -0.39 is 7.12 Å². The summed E-state index contributed by atoms with van der Waals surface area (Å²) in [6.07, 6.45) is 3.88. The third-order valence-corrected chi connectivity index (χ3v) is 7.07. The molecule has 3 aliphatic rings. The quantitative estimate of drug-likeness (QED) is 0.402. The van der Waals surface area contributed by atoms with Crippen LogP contribution in [0.1, 0.15) is 51.0 Å². The van der Waals surface area contributed by atoms with Crippen LogP contribution < -0.4 is 10.4 Å². The van der Waals surface area contributed by atoms with E-state index in [1.54, 1.807) is 6.07 Å². The van der Waals surface area contributed by atoms with Crippen molar-refractivity contribution in [3.8, 4) is 0 Å². The molecule has 0 amide bonds. The SMILES string of the molecule is CC1(C)COB(c2ccc(N3C4CCC3CC(c3ccc(F)cc3)C4)c([N+](=O)[O-])c2)OC1. The Kier molecular flexibility index (Phi) is 5.46. The fraction of sp³-hybridized carbons (Fsp3) is 0.500. The first-order valence-corrected chi connectivity index (χ1v) is 11.4. The van der Waals surface area contributed by atoms with Crippen LogP contribution in [-0.2, 0) is 9.31 Å². The van der Waals surface area contributed by atoms with Crippen molar-refractivity contribution in [3.05, 3.63) is 64.0 Å². The van der Waals surface area contributed by atoms with E-state index >= 15 is 0 Å². The molecule has 2 aromatic carbocycles. The molecule has 0 radical (unpaired) electrons. The van der Waals surface area contributed by atoms with Crippen molar-refractivity contribution in [1.82, 2.24) is 0 Å². The van der Waals surface area contributed by atoms with E-state index in [1.165, 1.54) is 12.1 Å². The average molecular weight is 438 g/mol. The van der Waals surface area contributed by atoms with Gasteiger partial charge in [0, 0.05) is 36.8 Å². The number of hydrogen-bond donors (Lipinski definition) is 0. The molecule has 3 aliphatic heterocycles. The Balaban J connectivity index is 1.39. The minimum atomic E-state index is -0.572. The molecule has 3 saturated heterocycles. The lowest BCUT2D eigenvalue weighted by Gasteiger charge is -2.40. The van der Waals surface area contributed by atoms with Crippen LogP contribution in [0.3, 0.4) is 0 Å². The van der Waals surface area contributed by atoms with Gasteiger partial charge in [-0.25, -0.2) is 4.39 Å². The Morgan fingerprint density at radius 2 is 1.69 bits per heavy atom. The van der Waals surface area contributed by atoms with E-state index in [-0.39, 0.29) is 33.9 Å². The van der Waals surface area contributed by atoms with E-state index in [2.05, 4.69) is 18.7 Å². The molecule has 3 fully saturated rings. The number of benzene rings is 2. The Hall–Kier alpha value is -2.45. The largest absolute Gasteiger partial charge is 0.494 e. The molecule has 0 saturated carbocycles. The number of nitro benzene ring substituents is 1. The zero-order chi connectivity index (χ0) is 22.5. The first kappa shape index (κ1) is 21.4. The molecule has 2 unspecified atom stereocenters. The van der Waals surface area contributed by atoms with Gasteiger partial charge in [0.2, 0.25) is 0 Å². The highest BCUT2D eigenvalue weighted by Gasteiger charge is 2.44. The number of hydrogen-bond acceptors (Lipinski definition) is 5. The Morgan fingerprint density at radius 3 is 2.28 bits per heavy atom. The van der Waals surface area contributed by atoms with Crippen LogP contribution in [0.15, 0.2) is 42.5 Å². The van der Waals surface area contributed by atoms with Gasteiger partial charge in [-0.2, -0.15) is 0 Å². The lowest BCUT2D eigenvalue weighted by atomic mass is 9.75. The summed E-state index contributed by atoms with van der Waals surface area (Å²) in [6.45, 7) is 5.24. The van der Waals surface area contributed by atoms with Crippen LogP contribution in [0.4, 0.5) is 15.8 Å². The second-order valence-corrected chi connectivity index (χ2v) is 10.1. The summed E-state index contributed by atoms with van der Waals surface area (Å²) in [4.78, 5) is 14.0. The van der Waals surface area contributed by atoms with Gasteiger partial charge in [0.05, 0.1) is 4.92 Å². The highest BCUT2D eigenvalue weighted by Crippen LogP contribution is 2.47. The summed E-state index contributed by atoms with van der Waals surface area (Å²) in [7, 11) is -0.572. The van der Waals surface area contributed by atoms with Crippen molar-refractivity contribution >= 4 is 24.0 Å². The van der Waals surface area contributed by atoms with Crippen LogP contribution in [-0.4, -0.2) is 37.3 Å². The number of fused-ring (bicyclic) bond motifs is 2. The van der Waals surface area contributed by atoms with Gasteiger partial charge in [-0.1, -0.05) is 32.0 Å². The maximum Gasteiger partial charge on any atom is 0.494 e. The van der Waals surface area contributed by atoms with Crippen molar-refractivity contribution in [1.29, 1.82) is 0 Å². The summed E-state index contributed by atoms with van der Waals surface area (Å²) < 4.78 is 25.0. The molecule has 6 nitrogen and oxygen atoms in total. The molecule has 2 aromatic rings. The molecular weight excluding hydrogens is 410 g/mol. The standard InChI is InChI=1S/C24H28BFN2O4/c1-24(2)14-31-25(32-15-24)18-5-10-22(23(13-18)28(29)30)27-20-8-9-21(27)12-17(11-20)16-3-6-19(26)7-4-16/h3-7,10,13,17,20-21H,8-9,11-12,14-15H2,1-2H3. The van der Waals surface area contributed by atoms with Gasteiger partial charge >= 0.3 is 7.12 Å². The van der Waals surface area contributed by atoms with Gasteiger partial charge in [-0.3, -0.25) is 10.1 Å². The van der Waals surface area contributed by atoms with E-state index in [1.807, 2.05) is 24.3 Å². The maximum absolute atomic E-state index is 13.3. The summed E-state index contributed by atoms with van der Waals surface area (Å²) in [5, 5.41) is 12.0. The predicted octanol–water partition coefficient (Wildman–Crippen LogP) is 4.42. The van der Waals surface area contributed by atoms with Crippen molar-refractivity contribution < 1.29 is 18.6 Å². The van der Waals surface area contributed by atoms with Crippen LogP contribution in [0.2, 0.25) is 0 Å². The number of rotatable bonds is 4. The molecule has 2 bridgehead atoms. The van der Waals surface area contributed by atoms with Crippen LogP contribution in [0, 0.1) is 21.3 Å². The zero-order valence-electron chi connectivity index (χ0n) is 18.5. The van der Waals surface area contributed by atoms with Gasteiger partial charge in [0.1, 0.15) is 11.5 Å².